The fourth-order valence-corrected chi connectivity index (χ4v) is 4.78. The normalized spacial score (nSPS) is 36.9. The number of methoxy groups -OCH3 is 1. The molecule has 3 aliphatic rings. The molecule has 0 unspecified atom stereocenters. The monoisotopic (exact) mass is 279 g/mol. The van der Waals surface area contributed by atoms with E-state index in [-0.39, 0.29) is 23.8 Å². The average Bonchev–Trinajstić information content (AvgIpc) is 2.86. The molecule has 3 fully saturated rings. The zero-order valence-corrected chi connectivity index (χ0v) is 12.7. The largest absolute Gasteiger partial charge is 0.469 e. The summed E-state index contributed by atoms with van der Waals surface area (Å²) < 4.78 is 4.68. The first kappa shape index (κ1) is 13.9. The van der Waals surface area contributed by atoms with Gasteiger partial charge in [0, 0.05) is 18.5 Å². The Morgan fingerprint density at radius 1 is 1.20 bits per heavy atom. The molecule has 0 aromatic carbocycles. The van der Waals surface area contributed by atoms with Crippen LogP contribution in [-0.4, -0.2) is 36.5 Å². The molecule has 0 spiro atoms. The minimum Gasteiger partial charge on any atom is -0.469 e. The molecule has 0 radical (unpaired) electrons. The summed E-state index contributed by atoms with van der Waals surface area (Å²) in [6, 6.07) is 0.158. The number of fused-ring (bicyclic) bond motifs is 5. The molecule has 0 aliphatic heterocycles. The molecule has 4 heteroatoms. The molecule has 4 atom stereocenters. The molecule has 3 saturated carbocycles. The van der Waals surface area contributed by atoms with Crippen molar-refractivity contribution >= 4 is 11.9 Å². The predicted octanol–water partition coefficient (Wildman–Crippen LogP) is 2.08. The summed E-state index contributed by atoms with van der Waals surface area (Å²) in [5.41, 5.74) is 0. The van der Waals surface area contributed by atoms with Crippen molar-refractivity contribution in [1.82, 2.24) is 4.90 Å². The highest BCUT2D eigenvalue weighted by Gasteiger charge is 2.68. The first-order chi connectivity index (χ1) is 9.54. The van der Waals surface area contributed by atoms with E-state index in [4.69, 9.17) is 0 Å². The van der Waals surface area contributed by atoms with Gasteiger partial charge in [-0.15, -0.1) is 0 Å². The maximum Gasteiger partial charge on any atom is 0.307 e. The summed E-state index contributed by atoms with van der Waals surface area (Å²) in [6.45, 7) is 4.55. The van der Waals surface area contributed by atoms with Gasteiger partial charge in [-0.25, -0.2) is 0 Å². The lowest BCUT2D eigenvalue weighted by Crippen LogP contribution is -2.40. The van der Waals surface area contributed by atoms with Gasteiger partial charge in [0.2, 0.25) is 5.91 Å². The van der Waals surface area contributed by atoms with Crippen molar-refractivity contribution in [2.24, 2.45) is 29.6 Å². The van der Waals surface area contributed by atoms with Gasteiger partial charge in [-0.1, -0.05) is 0 Å². The van der Waals surface area contributed by atoms with Gasteiger partial charge < -0.3 is 9.64 Å². The second-order valence-electron chi connectivity index (χ2n) is 6.97. The maximum atomic E-state index is 12.8. The van der Waals surface area contributed by atoms with Crippen LogP contribution in [0.2, 0.25) is 0 Å². The van der Waals surface area contributed by atoms with Gasteiger partial charge in [-0.3, -0.25) is 9.59 Å². The van der Waals surface area contributed by atoms with Crippen LogP contribution in [0.5, 0.6) is 0 Å². The molecule has 0 heterocycles. The van der Waals surface area contributed by atoms with E-state index < -0.39 is 0 Å². The number of esters is 1. The van der Waals surface area contributed by atoms with E-state index in [0.717, 1.165) is 11.8 Å². The van der Waals surface area contributed by atoms with Gasteiger partial charge in [-0.2, -0.15) is 0 Å². The molecule has 3 rings (SSSR count). The van der Waals surface area contributed by atoms with Crippen LogP contribution in [0.15, 0.2) is 0 Å². The Hall–Kier alpha value is -1.06. The van der Waals surface area contributed by atoms with Gasteiger partial charge in [-0.05, 0) is 56.8 Å². The van der Waals surface area contributed by atoms with E-state index in [0.29, 0.717) is 24.8 Å². The Bertz CT molecular complexity index is 404. The molecule has 112 valence electrons. The number of nitrogens with zero attached hydrogens (tertiary/aromatic N) is 1. The highest BCUT2D eigenvalue weighted by molar-refractivity contribution is 5.83. The predicted molar refractivity (Wildman–Crippen MR) is 74.8 cm³/mol. The van der Waals surface area contributed by atoms with Crippen LogP contribution in [0.1, 0.15) is 39.5 Å². The third kappa shape index (κ3) is 2.13. The number of hydrogen-bond donors (Lipinski definition) is 0. The van der Waals surface area contributed by atoms with Crippen LogP contribution in [0.4, 0.5) is 0 Å². The van der Waals surface area contributed by atoms with Gasteiger partial charge >= 0.3 is 5.97 Å². The van der Waals surface area contributed by atoms with Crippen molar-refractivity contribution < 1.29 is 14.3 Å². The number of ether oxygens (including phenoxy) is 1. The lowest BCUT2D eigenvalue weighted by molar-refractivity contribution is -0.142. The lowest BCUT2D eigenvalue weighted by atomic mass is 10.0. The van der Waals surface area contributed by atoms with Gasteiger partial charge in [0.15, 0.2) is 0 Å². The number of carbonyl (C=O) groups is 2. The minimum absolute atomic E-state index is 0.158. The van der Waals surface area contributed by atoms with E-state index in [9.17, 15) is 9.59 Å². The fraction of sp³-hybridized carbons (Fsp3) is 0.875. The molecule has 0 aromatic heterocycles. The van der Waals surface area contributed by atoms with Gasteiger partial charge in [0.1, 0.15) is 0 Å². The zero-order chi connectivity index (χ0) is 14.4. The van der Waals surface area contributed by atoms with Crippen LogP contribution in [0.25, 0.3) is 0 Å². The van der Waals surface area contributed by atoms with Gasteiger partial charge in [0.05, 0.1) is 13.5 Å². The van der Waals surface area contributed by atoms with Gasteiger partial charge in [0.25, 0.3) is 0 Å². The minimum atomic E-state index is -0.237. The second-order valence-corrected chi connectivity index (χ2v) is 6.97. The molecule has 4 nitrogen and oxygen atoms in total. The van der Waals surface area contributed by atoms with Crippen LogP contribution in [0, 0.1) is 29.6 Å². The summed E-state index contributed by atoms with van der Waals surface area (Å²) >= 11 is 0. The maximum absolute atomic E-state index is 12.8. The average molecular weight is 279 g/mol. The summed E-state index contributed by atoms with van der Waals surface area (Å²) in [7, 11) is 1.40. The van der Waals surface area contributed by atoms with Crippen LogP contribution < -0.4 is 0 Å². The Labute approximate surface area is 120 Å². The highest BCUT2D eigenvalue weighted by Crippen LogP contribution is 2.69. The Kier molecular flexibility index (Phi) is 3.51. The smallest absolute Gasteiger partial charge is 0.307 e. The number of hydrogen-bond acceptors (Lipinski definition) is 3. The number of rotatable bonds is 5. The van der Waals surface area contributed by atoms with Crippen LogP contribution in [-0.2, 0) is 14.3 Å². The van der Waals surface area contributed by atoms with Crippen molar-refractivity contribution in [2.45, 2.75) is 45.6 Å². The Morgan fingerprint density at radius 2 is 1.80 bits per heavy atom. The van der Waals surface area contributed by atoms with Crippen molar-refractivity contribution in [1.29, 1.82) is 0 Å². The molecular weight excluding hydrogens is 254 g/mol. The van der Waals surface area contributed by atoms with E-state index in [1.165, 1.54) is 26.4 Å². The molecule has 0 saturated heterocycles. The molecule has 2 bridgehead atoms. The van der Waals surface area contributed by atoms with Crippen molar-refractivity contribution in [2.75, 3.05) is 13.7 Å². The van der Waals surface area contributed by atoms with Crippen molar-refractivity contribution in [3.05, 3.63) is 0 Å². The lowest BCUT2D eigenvalue weighted by Gasteiger charge is -2.27. The van der Waals surface area contributed by atoms with E-state index >= 15 is 0 Å². The number of amides is 1. The SMILES string of the molecule is COC(=O)CCN(C(=O)C1[C@@H]2[C@H]3CC[C@@H](C3)[C@@H]12)C(C)C. The fourth-order valence-electron chi connectivity index (χ4n) is 4.78. The molecule has 20 heavy (non-hydrogen) atoms. The summed E-state index contributed by atoms with van der Waals surface area (Å²) in [6.07, 6.45) is 4.33. The van der Waals surface area contributed by atoms with Crippen molar-refractivity contribution in [3.63, 3.8) is 0 Å². The summed E-state index contributed by atoms with van der Waals surface area (Å²) in [4.78, 5) is 25.9. The zero-order valence-electron chi connectivity index (χ0n) is 12.7. The Morgan fingerprint density at radius 3 is 2.30 bits per heavy atom. The third-order valence-corrected chi connectivity index (χ3v) is 5.71. The molecule has 0 aromatic rings. The summed E-state index contributed by atoms with van der Waals surface area (Å²) in [5, 5.41) is 0. The third-order valence-electron chi connectivity index (χ3n) is 5.71. The summed E-state index contributed by atoms with van der Waals surface area (Å²) in [5.74, 6) is 3.28. The van der Waals surface area contributed by atoms with E-state index in [1.807, 2.05) is 18.7 Å². The molecule has 1 amide bonds. The number of carbonyl (C=O) groups excluding carboxylic acids is 2. The van der Waals surface area contributed by atoms with Crippen LogP contribution >= 0.6 is 0 Å². The van der Waals surface area contributed by atoms with Crippen molar-refractivity contribution in [3.8, 4) is 0 Å². The standard InChI is InChI=1S/C16H25NO3/c1-9(2)17(7-6-12(18)20-3)16(19)15-13-10-4-5-11(8-10)14(13)15/h9-11,13-15H,4-8H2,1-3H3/t10-,11-,13+,14+/m0/s1. The topological polar surface area (TPSA) is 46.6 Å². The van der Waals surface area contributed by atoms with E-state index in [1.54, 1.807) is 0 Å². The van der Waals surface area contributed by atoms with Crippen LogP contribution in [0.3, 0.4) is 0 Å². The first-order valence-electron chi connectivity index (χ1n) is 7.92. The van der Waals surface area contributed by atoms with E-state index in [2.05, 4.69) is 4.74 Å². The first-order valence-corrected chi connectivity index (χ1v) is 7.92. The second kappa shape index (κ2) is 5.05. The Balaban J connectivity index is 1.61. The highest BCUT2D eigenvalue weighted by atomic mass is 16.5. The molecule has 3 aliphatic carbocycles. The molecular formula is C16H25NO3. The molecule has 0 N–H and O–H groups in total. The quantitative estimate of drug-likeness (QED) is 0.724.